The lowest BCUT2D eigenvalue weighted by molar-refractivity contribution is 0.0462. The number of nitrogens with one attached hydrogen (secondary N) is 1. The van der Waals surface area contributed by atoms with Gasteiger partial charge in [0, 0.05) is 22.9 Å². The first-order chi connectivity index (χ1) is 8.72. The Morgan fingerprint density at radius 2 is 1.89 bits per heavy atom. The van der Waals surface area contributed by atoms with E-state index < -0.39 is 0 Å². The summed E-state index contributed by atoms with van der Waals surface area (Å²) in [5.74, 6) is 0.700. The molecule has 1 aromatic heterocycles. The molecule has 1 aromatic rings. The van der Waals surface area contributed by atoms with E-state index in [9.17, 15) is 0 Å². The molecule has 4 heteroatoms. The SMILES string of the molecule is CCOCCOCc1ccc(CNCC(C)C)s1. The zero-order valence-electron chi connectivity index (χ0n) is 11.7. The highest BCUT2D eigenvalue weighted by Gasteiger charge is 2.01. The van der Waals surface area contributed by atoms with E-state index in [1.165, 1.54) is 9.75 Å². The third kappa shape index (κ3) is 7.11. The summed E-state index contributed by atoms with van der Waals surface area (Å²) in [7, 11) is 0. The summed E-state index contributed by atoms with van der Waals surface area (Å²) in [6.07, 6.45) is 0. The number of thiophene rings is 1. The highest BCUT2D eigenvalue weighted by atomic mass is 32.1. The van der Waals surface area contributed by atoms with Crippen LogP contribution in [0.5, 0.6) is 0 Å². The molecular weight excluding hydrogens is 246 g/mol. The molecule has 0 saturated heterocycles. The van der Waals surface area contributed by atoms with Crippen LogP contribution >= 0.6 is 11.3 Å². The van der Waals surface area contributed by atoms with Crippen LogP contribution in [0.2, 0.25) is 0 Å². The average molecular weight is 271 g/mol. The van der Waals surface area contributed by atoms with Gasteiger partial charge in [0.15, 0.2) is 0 Å². The van der Waals surface area contributed by atoms with Gasteiger partial charge in [0.25, 0.3) is 0 Å². The minimum absolute atomic E-state index is 0.673. The Morgan fingerprint density at radius 1 is 1.17 bits per heavy atom. The van der Waals surface area contributed by atoms with Crippen molar-refractivity contribution in [2.24, 2.45) is 5.92 Å². The maximum absolute atomic E-state index is 5.54. The van der Waals surface area contributed by atoms with Crippen LogP contribution in [0, 0.1) is 5.92 Å². The first kappa shape index (κ1) is 15.6. The molecule has 0 bridgehead atoms. The van der Waals surface area contributed by atoms with Gasteiger partial charge in [-0.05, 0) is 31.5 Å². The molecule has 0 fully saturated rings. The van der Waals surface area contributed by atoms with Gasteiger partial charge >= 0.3 is 0 Å². The van der Waals surface area contributed by atoms with Crippen molar-refractivity contribution in [1.82, 2.24) is 5.32 Å². The number of hydrogen-bond donors (Lipinski definition) is 1. The smallest absolute Gasteiger partial charge is 0.0810 e. The minimum atomic E-state index is 0.673. The molecule has 0 atom stereocenters. The van der Waals surface area contributed by atoms with Gasteiger partial charge in [-0.15, -0.1) is 11.3 Å². The summed E-state index contributed by atoms with van der Waals surface area (Å²) in [6.45, 7) is 11.3. The molecule has 0 saturated carbocycles. The molecule has 1 heterocycles. The molecule has 18 heavy (non-hydrogen) atoms. The van der Waals surface area contributed by atoms with E-state index >= 15 is 0 Å². The van der Waals surface area contributed by atoms with Crippen molar-refractivity contribution in [2.45, 2.75) is 33.9 Å². The summed E-state index contributed by atoms with van der Waals surface area (Å²) in [5.41, 5.74) is 0. The topological polar surface area (TPSA) is 30.5 Å². The normalized spacial score (nSPS) is 11.3. The summed E-state index contributed by atoms with van der Waals surface area (Å²) >= 11 is 1.82. The van der Waals surface area contributed by atoms with E-state index in [-0.39, 0.29) is 0 Å². The van der Waals surface area contributed by atoms with Crippen molar-refractivity contribution in [3.63, 3.8) is 0 Å². The van der Waals surface area contributed by atoms with Crippen molar-refractivity contribution in [1.29, 1.82) is 0 Å². The van der Waals surface area contributed by atoms with Crippen molar-refractivity contribution in [2.75, 3.05) is 26.4 Å². The van der Waals surface area contributed by atoms with Crippen LogP contribution < -0.4 is 5.32 Å². The summed E-state index contributed by atoms with van der Waals surface area (Å²) < 4.78 is 10.8. The largest absolute Gasteiger partial charge is 0.379 e. The minimum Gasteiger partial charge on any atom is -0.379 e. The molecule has 0 spiro atoms. The van der Waals surface area contributed by atoms with Crippen LogP contribution in [0.25, 0.3) is 0 Å². The molecule has 0 unspecified atom stereocenters. The maximum Gasteiger partial charge on any atom is 0.0810 e. The second-order valence-electron chi connectivity index (χ2n) is 4.64. The van der Waals surface area contributed by atoms with E-state index in [0.29, 0.717) is 25.7 Å². The average Bonchev–Trinajstić information content (AvgIpc) is 2.76. The van der Waals surface area contributed by atoms with Gasteiger partial charge in [-0.3, -0.25) is 0 Å². The number of hydrogen-bond acceptors (Lipinski definition) is 4. The van der Waals surface area contributed by atoms with Gasteiger partial charge < -0.3 is 14.8 Å². The molecule has 0 aliphatic heterocycles. The van der Waals surface area contributed by atoms with Gasteiger partial charge in [0.2, 0.25) is 0 Å². The Bertz CT molecular complexity index is 312. The van der Waals surface area contributed by atoms with Gasteiger partial charge in [0.1, 0.15) is 0 Å². The number of rotatable bonds is 10. The third-order valence-corrected chi connectivity index (χ3v) is 3.45. The van der Waals surface area contributed by atoms with Gasteiger partial charge in [0.05, 0.1) is 19.8 Å². The predicted molar refractivity (Wildman–Crippen MR) is 77.0 cm³/mol. The first-order valence-electron chi connectivity index (χ1n) is 6.66. The first-order valence-corrected chi connectivity index (χ1v) is 7.47. The fraction of sp³-hybridized carbons (Fsp3) is 0.714. The van der Waals surface area contributed by atoms with Crippen LogP contribution in [0.1, 0.15) is 30.5 Å². The van der Waals surface area contributed by atoms with Crippen LogP contribution in [0.4, 0.5) is 0 Å². The van der Waals surface area contributed by atoms with E-state index in [0.717, 1.165) is 19.7 Å². The van der Waals surface area contributed by atoms with Crippen LogP contribution in [-0.4, -0.2) is 26.4 Å². The van der Waals surface area contributed by atoms with Crippen molar-refractivity contribution in [3.8, 4) is 0 Å². The molecule has 0 radical (unpaired) electrons. The van der Waals surface area contributed by atoms with Crippen LogP contribution in [0.15, 0.2) is 12.1 Å². The van der Waals surface area contributed by atoms with E-state index in [1.807, 2.05) is 18.3 Å². The zero-order chi connectivity index (χ0) is 13.2. The Balaban J connectivity index is 2.13. The van der Waals surface area contributed by atoms with Crippen molar-refractivity contribution >= 4 is 11.3 Å². The molecule has 0 aliphatic carbocycles. The van der Waals surface area contributed by atoms with E-state index in [1.54, 1.807) is 0 Å². The Kier molecular flexibility index (Phi) is 8.25. The molecule has 0 amide bonds. The lowest BCUT2D eigenvalue weighted by Crippen LogP contribution is -2.18. The Morgan fingerprint density at radius 3 is 2.61 bits per heavy atom. The zero-order valence-corrected chi connectivity index (χ0v) is 12.5. The molecule has 1 rings (SSSR count). The monoisotopic (exact) mass is 271 g/mol. The lowest BCUT2D eigenvalue weighted by atomic mass is 10.2. The Hall–Kier alpha value is -0.420. The third-order valence-electron chi connectivity index (χ3n) is 2.39. The summed E-state index contributed by atoms with van der Waals surface area (Å²) in [6, 6.07) is 4.33. The highest BCUT2D eigenvalue weighted by molar-refractivity contribution is 7.11. The second kappa shape index (κ2) is 9.50. The van der Waals surface area contributed by atoms with Crippen LogP contribution in [0.3, 0.4) is 0 Å². The van der Waals surface area contributed by atoms with Crippen molar-refractivity contribution < 1.29 is 9.47 Å². The molecule has 0 aromatic carbocycles. The van der Waals surface area contributed by atoms with Crippen LogP contribution in [-0.2, 0) is 22.6 Å². The highest BCUT2D eigenvalue weighted by Crippen LogP contribution is 2.17. The lowest BCUT2D eigenvalue weighted by Gasteiger charge is -2.05. The number of ether oxygens (including phenoxy) is 2. The molecular formula is C14H25NO2S. The fourth-order valence-electron chi connectivity index (χ4n) is 1.51. The predicted octanol–water partition coefficient (Wildman–Crippen LogP) is 3.05. The molecule has 104 valence electrons. The Labute approximate surface area is 114 Å². The van der Waals surface area contributed by atoms with E-state index in [2.05, 4.69) is 31.3 Å². The van der Waals surface area contributed by atoms with Gasteiger partial charge in [-0.25, -0.2) is 0 Å². The maximum atomic E-state index is 5.54. The second-order valence-corrected chi connectivity index (χ2v) is 5.90. The van der Waals surface area contributed by atoms with Gasteiger partial charge in [-0.1, -0.05) is 13.8 Å². The fourth-order valence-corrected chi connectivity index (χ4v) is 2.44. The van der Waals surface area contributed by atoms with E-state index in [4.69, 9.17) is 9.47 Å². The molecule has 0 aliphatic rings. The summed E-state index contributed by atoms with van der Waals surface area (Å²) in [4.78, 5) is 2.66. The van der Waals surface area contributed by atoms with Gasteiger partial charge in [-0.2, -0.15) is 0 Å². The molecule has 1 N–H and O–H groups in total. The molecule has 3 nitrogen and oxygen atoms in total. The van der Waals surface area contributed by atoms with Crippen molar-refractivity contribution in [3.05, 3.63) is 21.9 Å². The summed E-state index contributed by atoms with van der Waals surface area (Å²) in [5, 5.41) is 3.45. The standard InChI is InChI=1S/C14H25NO2S/c1-4-16-7-8-17-11-14-6-5-13(18-14)10-15-9-12(2)3/h5-6,12,15H,4,7-11H2,1-3H3. The quantitative estimate of drug-likeness (QED) is 0.664.